The Labute approximate surface area is 142 Å². The zero-order chi connectivity index (χ0) is 16.4. The number of fused-ring (bicyclic) bond motifs is 1. The summed E-state index contributed by atoms with van der Waals surface area (Å²) < 4.78 is 0. The standard InChI is InChI=1S/C19H26N4O/c24-18(4-3-14-5-9-20-12-14)23-10-6-15(7-11-23)17-13-22-19-16(17)2-1-8-21-19/h1-2,8,13-15,20H,3-7,9-12H2,(H,21,22). The number of aromatic amines is 1. The van der Waals surface area contributed by atoms with Crippen LogP contribution in [0.1, 0.15) is 43.6 Å². The average molecular weight is 326 g/mol. The maximum absolute atomic E-state index is 12.4. The van der Waals surface area contributed by atoms with E-state index in [0.717, 1.165) is 51.1 Å². The third-order valence-corrected chi connectivity index (χ3v) is 5.70. The number of pyridine rings is 1. The maximum Gasteiger partial charge on any atom is 0.222 e. The molecule has 1 unspecified atom stereocenters. The Morgan fingerprint density at radius 1 is 1.29 bits per heavy atom. The fourth-order valence-electron chi connectivity index (χ4n) is 4.20. The van der Waals surface area contributed by atoms with E-state index in [1.807, 2.05) is 12.3 Å². The van der Waals surface area contributed by atoms with Gasteiger partial charge in [-0.25, -0.2) is 4.98 Å². The first-order chi connectivity index (χ1) is 11.8. The van der Waals surface area contributed by atoms with E-state index in [-0.39, 0.29) is 0 Å². The highest BCUT2D eigenvalue weighted by molar-refractivity contribution is 5.80. The molecule has 2 N–H and O–H groups in total. The zero-order valence-electron chi connectivity index (χ0n) is 14.1. The Morgan fingerprint density at radius 2 is 2.17 bits per heavy atom. The summed E-state index contributed by atoms with van der Waals surface area (Å²) in [6, 6.07) is 4.14. The number of nitrogens with zero attached hydrogens (tertiary/aromatic N) is 2. The lowest BCUT2D eigenvalue weighted by Gasteiger charge is -2.32. The maximum atomic E-state index is 12.4. The number of hydrogen-bond acceptors (Lipinski definition) is 3. The molecule has 0 radical (unpaired) electrons. The van der Waals surface area contributed by atoms with Crippen molar-refractivity contribution in [3.05, 3.63) is 30.1 Å². The number of carbonyl (C=O) groups is 1. The fraction of sp³-hybridized carbons (Fsp3) is 0.579. The van der Waals surface area contributed by atoms with E-state index < -0.39 is 0 Å². The van der Waals surface area contributed by atoms with Gasteiger partial charge in [-0.3, -0.25) is 4.79 Å². The van der Waals surface area contributed by atoms with Crippen LogP contribution >= 0.6 is 0 Å². The largest absolute Gasteiger partial charge is 0.346 e. The number of H-pyrrole nitrogens is 1. The van der Waals surface area contributed by atoms with Crippen LogP contribution in [0, 0.1) is 5.92 Å². The molecule has 2 fully saturated rings. The third kappa shape index (κ3) is 3.18. The van der Waals surface area contributed by atoms with E-state index in [4.69, 9.17) is 0 Å². The van der Waals surface area contributed by atoms with Gasteiger partial charge in [0.15, 0.2) is 0 Å². The number of piperidine rings is 1. The summed E-state index contributed by atoms with van der Waals surface area (Å²) in [5.41, 5.74) is 2.33. The van der Waals surface area contributed by atoms with Crippen LogP contribution in [0.2, 0.25) is 0 Å². The first-order valence-corrected chi connectivity index (χ1v) is 9.22. The number of hydrogen-bond donors (Lipinski definition) is 2. The minimum absolute atomic E-state index is 0.348. The Bertz CT molecular complexity index is 696. The van der Waals surface area contributed by atoms with Gasteiger partial charge in [-0.2, -0.15) is 0 Å². The summed E-state index contributed by atoms with van der Waals surface area (Å²) in [5, 5.41) is 4.61. The monoisotopic (exact) mass is 326 g/mol. The van der Waals surface area contributed by atoms with Crippen LogP contribution in [-0.4, -0.2) is 47.0 Å². The lowest BCUT2D eigenvalue weighted by molar-refractivity contribution is -0.132. The smallest absolute Gasteiger partial charge is 0.222 e. The Balaban J connectivity index is 1.32. The van der Waals surface area contributed by atoms with E-state index >= 15 is 0 Å². The number of amides is 1. The van der Waals surface area contributed by atoms with Crippen LogP contribution in [0.15, 0.2) is 24.5 Å². The van der Waals surface area contributed by atoms with Crippen LogP contribution in [0.5, 0.6) is 0 Å². The summed E-state index contributed by atoms with van der Waals surface area (Å²) >= 11 is 0. The summed E-state index contributed by atoms with van der Waals surface area (Å²) in [4.78, 5) is 22.2. The van der Waals surface area contributed by atoms with Crippen molar-refractivity contribution in [1.29, 1.82) is 0 Å². The molecule has 2 aliphatic rings. The van der Waals surface area contributed by atoms with Crippen molar-refractivity contribution in [2.45, 2.75) is 38.0 Å². The molecule has 0 bridgehead atoms. The van der Waals surface area contributed by atoms with Crippen LogP contribution in [0.25, 0.3) is 11.0 Å². The highest BCUT2D eigenvalue weighted by Crippen LogP contribution is 2.32. The van der Waals surface area contributed by atoms with Crippen LogP contribution in [-0.2, 0) is 4.79 Å². The highest BCUT2D eigenvalue weighted by Gasteiger charge is 2.26. The molecular formula is C19H26N4O. The SMILES string of the molecule is O=C(CCC1CCNC1)N1CCC(c2c[nH]c3ncccc23)CC1. The molecule has 5 heteroatoms. The van der Waals surface area contributed by atoms with Gasteiger partial charge in [0.05, 0.1) is 0 Å². The van der Waals surface area contributed by atoms with Gasteiger partial charge in [-0.15, -0.1) is 0 Å². The summed E-state index contributed by atoms with van der Waals surface area (Å²) in [5.74, 6) is 1.58. The number of aromatic nitrogens is 2. The van der Waals surface area contributed by atoms with Crippen molar-refractivity contribution in [3.63, 3.8) is 0 Å². The predicted octanol–water partition coefficient (Wildman–Crippen LogP) is 2.66. The molecular weight excluding hydrogens is 300 g/mol. The predicted molar refractivity (Wildman–Crippen MR) is 94.9 cm³/mol. The molecule has 4 heterocycles. The number of rotatable bonds is 4. The van der Waals surface area contributed by atoms with E-state index in [1.165, 1.54) is 17.4 Å². The first-order valence-electron chi connectivity index (χ1n) is 9.22. The third-order valence-electron chi connectivity index (χ3n) is 5.70. The van der Waals surface area contributed by atoms with Crippen molar-refractivity contribution in [3.8, 4) is 0 Å². The quantitative estimate of drug-likeness (QED) is 0.908. The normalized spacial score (nSPS) is 22.3. The molecule has 0 aliphatic carbocycles. The average Bonchev–Trinajstić information content (AvgIpc) is 3.29. The Hall–Kier alpha value is -1.88. The molecule has 1 atom stereocenters. The molecule has 2 saturated heterocycles. The minimum atomic E-state index is 0.348. The van der Waals surface area contributed by atoms with E-state index in [2.05, 4.69) is 32.4 Å². The number of carbonyl (C=O) groups excluding carboxylic acids is 1. The highest BCUT2D eigenvalue weighted by atomic mass is 16.2. The molecule has 0 spiro atoms. The Kier molecular flexibility index (Phi) is 4.52. The van der Waals surface area contributed by atoms with E-state index in [0.29, 0.717) is 24.2 Å². The van der Waals surface area contributed by atoms with E-state index in [1.54, 1.807) is 0 Å². The van der Waals surface area contributed by atoms with Gasteiger partial charge in [-0.1, -0.05) is 0 Å². The topological polar surface area (TPSA) is 61.0 Å². The van der Waals surface area contributed by atoms with Crippen molar-refractivity contribution in [1.82, 2.24) is 20.2 Å². The first kappa shape index (κ1) is 15.6. The number of nitrogens with one attached hydrogen (secondary N) is 2. The second kappa shape index (κ2) is 6.93. The molecule has 128 valence electrons. The molecule has 2 aromatic heterocycles. The van der Waals surface area contributed by atoms with E-state index in [9.17, 15) is 4.79 Å². The summed E-state index contributed by atoms with van der Waals surface area (Å²) in [7, 11) is 0. The molecule has 1 amide bonds. The van der Waals surface area contributed by atoms with Crippen molar-refractivity contribution in [2.75, 3.05) is 26.2 Å². The second-order valence-corrected chi connectivity index (χ2v) is 7.20. The van der Waals surface area contributed by atoms with Gasteiger partial charge < -0.3 is 15.2 Å². The van der Waals surface area contributed by atoms with Crippen molar-refractivity contribution < 1.29 is 4.79 Å². The second-order valence-electron chi connectivity index (χ2n) is 7.20. The van der Waals surface area contributed by atoms with Gasteiger partial charge in [-0.05, 0) is 68.3 Å². The molecule has 2 aliphatic heterocycles. The lowest BCUT2D eigenvalue weighted by atomic mass is 9.89. The molecule has 0 aromatic carbocycles. The minimum Gasteiger partial charge on any atom is -0.346 e. The molecule has 2 aromatic rings. The Morgan fingerprint density at radius 3 is 2.96 bits per heavy atom. The molecule has 0 saturated carbocycles. The van der Waals surface area contributed by atoms with Gasteiger partial charge in [0.25, 0.3) is 0 Å². The summed E-state index contributed by atoms with van der Waals surface area (Å²) in [6.07, 6.45) is 9.02. The van der Waals surface area contributed by atoms with Gasteiger partial charge in [0.1, 0.15) is 5.65 Å². The van der Waals surface area contributed by atoms with Gasteiger partial charge in [0, 0.05) is 37.3 Å². The molecule has 24 heavy (non-hydrogen) atoms. The molecule has 5 nitrogen and oxygen atoms in total. The van der Waals surface area contributed by atoms with Gasteiger partial charge in [0.2, 0.25) is 5.91 Å². The van der Waals surface area contributed by atoms with Crippen LogP contribution < -0.4 is 5.32 Å². The zero-order valence-corrected chi connectivity index (χ0v) is 14.1. The van der Waals surface area contributed by atoms with Gasteiger partial charge >= 0.3 is 0 Å². The lowest BCUT2D eigenvalue weighted by Crippen LogP contribution is -2.38. The fourth-order valence-corrected chi connectivity index (χ4v) is 4.20. The molecule has 4 rings (SSSR count). The van der Waals surface area contributed by atoms with Crippen LogP contribution in [0.4, 0.5) is 0 Å². The number of likely N-dealkylation sites (tertiary alicyclic amines) is 1. The summed E-state index contributed by atoms with van der Waals surface area (Å²) in [6.45, 7) is 3.98. The van der Waals surface area contributed by atoms with Crippen molar-refractivity contribution in [2.24, 2.45) is 5.92 Å². The van der Waals surface area contributed by atoms with Crippen molar-refractivity contribution >= 4 is 16.9 Å². The van der Waals surface area contributed by atoms with Crippen LogP contribution in [0.3, 0.4) is 0 Å².